The van der Waals surface area contributed by atoms with Crippen LogP contribution in [-0.2, 0) is 11.2 Å². The summed E-state index contributed by atoms with van der Waals surface area (Å²) >= 11 is 0. The van der Waals surface area contributed by atoms with Crippen molar-refractivity contribution in [3.63, 3.8) is 0 Å². The van der Waals surface area contributed by atoms with E-state index in [2.05, 4.69) is 10.1 Å². The third-order valence-corrected chi connectivity index (χ3v) is 2.80. The van der Waals surface area contributed by atoms with Crippen molar-refractivity contribution in [2.24, 2.45) is 0 Å². The van der Waals surface area contributed by atoms with E-state index >= 15 is 0 Å². The Labute approximate surface area is 93.3 Å². The number of ketones is 1. The zero-order chi connectivity index (χ0) is 11.1. The molecule has 1 aliphatic rings. The Morgan fingerprint density at radius 1 is 1.50 bits per heavy atom. The van der Waals surface area contributed by atoms with Crippen molar-refractivity contribution in [2.45, 2.75) is 32.1 Å². The summed E-state index contributed by atoms with van der Waals surface area (Å²) in [5.74, 6) is 1.68. The molecule has 1 saturated carbocycles. The average molecular weight is 215 g/mol. The van der Waals surface area contributed by atoms with Gasteiger partial charge >= 0.3 is 0 Å². The molecule has 2 aromatic rings. The highest BCUT2D eigenvalue weighted by atomic mass is 16.1. The highest BCUT2D eigenvalue weighted by Crippen LogP contribution is 2.38. The Morgan fingerprint density at radius 2 is 2.31 bits per heavy atom. The van der Waals surface area contributed by atoms with Gasteiger partial charge in [0, 0.05) is 18.5 Å². The van der Waals surface area contributed by atoms with Crippen molar-refractivity contribution in [1.29, 1.82) is 0 Å². The van der Waals surface area contributed by atoms with Crippen LogP contribution in [-0.4, -0.2) is 20.4 Å². The smallest absolute Gasteiger partial charge is 0.155 e. The zero-order valence-corrected chi connectivity index (χ0v) is 9.18. The molecule has 2 heterocycles. The molecule has 0 bridgehead atoms. The number of hydrogen-bond acceptors (Lipinski definition) is 3. The van der Waals surface area contributed by atoms with Crippen molar-refractivity contribution in [3.05, 3.63) is 29.7 Å². The summed E-state index contributed by atoms with van der Waals surface area (Å²) in [6.07, 6.45) is 4.78. The molecule has 1 fully saturated rings. The lowest BCUT2D eigenvalue weighted by molar-refractivity contribution is -0.116. The average Bonchev–Trinajstić information content (AvgIpc) is 2.98. The predicted octanol–water partition coefficient (Wildman–Crippen LogP) is 1.74. The minimum atomic E-state index is 0.168. The highest BCUT2D eigenvalue weighted by molar-refractivity contribution is 5.78. The molecule has 0 aromatic carbocycles. The third kappa shape index (κ3) is 1.71. The Bertz CT molecular complexity index is 554. The predicted molar refractivity (Wildman–Crippen MR) is 59.3 cm³/mol. The van der Waals surface area contributed by atoms with Crippen molar-refractivity contribution in [1.82, 2.24) is 14.6 Å². The number of rotatable bonds is 3. The van der Waals surface area contributed by atoms with Gasteiger partial charge in [-0.3, -0.25) is 4.79 Å². The fourth-order valence-corrected chi connectivity index (χ4v) is 1.85. The molecule has 0 N–H and O–H groups in total. The van der Waals surface area contributed by atoms with Crippen LogP contribution in [0.1, 0.15) is 37.1 Å². The first-order valence-electron chi connectivity index (χ1n) is 5.57. The maximum Gasteiger partial charge on any atom is 0.155 e. The molecule has 0 radical (unpaired) electrons. The first-order chi connectivity index (χ1) is 7.72. The van der Waals surface area contributed by atoms with E-state index in [0.717, 1.165) is 17.0 Å². The molecule has 3 rings (SSSR count). The number of carbonyl (C=O) groups is 1. The van der Waals surface area contributed by atoms with Gasteiger partial charge in [-0.2, -0.15) is 5.10 Å². The topological polar surface area (TPSA) is 47.3 Å². The number of nitrogens with zero attached hydrogens (tertiary/aromatic N) is 3. The molecule has 82 valence electrons. The molecular weight excluding hydrogens is 202 g/mol. The van der Waals surface area contributed by atoms with E-state index in [-0.39, 0.29) is 5.78 Å². The van der Waals surface area contributed by atoms with Crippen LogP contribution in [0, 0.1) is 0 Å². The van der Waals surface area contributed by atoms with Crippen LogP contribution in [0.15, 0.2) is 18.3 Å². The van der Waals surface area contributed by atoms with E-state index in [4.69, 9.17) is 0 Å². The molecule has 0 amide bonds. The summed E-state index contributed by atoms with van der Waals surface area (Å²) in [6, 6.07) is 3.87. The molecule has 2 aromatic heterocycles. The highest BCUT2D eigenvalue weighted by Gasteiger charge is 2.27. The SMILES string of the molecule is CC(=O)Cc1ccc2nc(C3CC3)nn2c1. The molecule has 0 saturated heterocycles. The van der Waals surface area contributed by atoms with Crippen molar-refractivity contribution in [2.75, 3.05) is 0 Å². The summed E-state index contributed by atoms with van der Waals surface area (Å²) < 4.78 is 1.78. The van der Waals surface area contributed by atoms with E-state index in [9.17, 15) is 4.79 Å². The molecule has 0 aliphatic heterocycles. The Hall–Kier alpha value is -1.71. The van der Waals surface area contributed by atoms with Crippen LogP contribution in [0.25, 0.3) is 5.65 Å². The van der Waals surface area contributed by atoms with Crippen LogP contribution in [0.5, 0.6) is 0 Å². The largest absolute Gasteiger partial charge is 0.300 e. The summed E-state index contributed by atoms with van der Waals surface area (Å²) in [5, 5.41) is 4.44. The minimum absolute atomic E-state index is 0.168. The second kappa shape index (κ2) is 3.40. The van der Waals surface area contributed by atoms with E-state index in [1.807, 2.05) is 18.3 Å². The van der Waals surface area contributed by atoms with Gasteiger partial charge < -0.3 is 0 Å². The van der Waals surface area contributed by atoms with Crippen LogP contribution in [0.4, 0.5) is 0 Å². The van der Waals surface area contributed by atoms with Gasteiger partial charge in [-0.15, -0.1) is 0 Å². The lowest BCUT2D eigenvalue weighted by Crippen LogP contribution is -1.98. The molecule has 4 heteroatoms. The monoisotopic (exact) mass is 215 g/mol. The molecule has 0 atom stereocenters. The Balaban J connectivity index is 1.99. The van der Waals surface area contributed by atoms with E-state index in [1.54, 1.807) is 11.4 Å². The van der Waals surface area contributed by atoms with Crippen molar-refractivity contribution < 1.29 is 4.79 Å². The van der Waals surface area contributed by atoms with Gasteiger partial charge in [-0.05, 0) is 31.4 Å². The van der Waals surface area contributed by atoms with Crippen LogP contribution in [0.2, 0.25) is 0 Å². The fourth-order valence-electron chi connectivity index (χ4n) is 1.85. The molecule has 0 unspecified atom stereocenters. The van der Waals surface area contributed by atoms with Gasteiger partial charge in [0.05, 0.1) is 0 Å². The summed E-state index contributed by atoms with van der Waals surface area (Å²) in [5.41, 5.74) is 1.86. The number of fused-ring (bicyclic) bond motifs is 1. The quantitative estimate of drug-likeness (QED) is 0.783. The van der Waals surface area contributed by atoms with Gasteiger partial charge in [0.15, 0.2) is 11.5 Å². The second-order valence-corrected chi connectivity index (χ2v) is 4.46. The van der Waals surface area contributed by atoms with E-state index < -0.39 is 0 Å². The molecule has 0 spiro atoms. The first-order valence-corrected chi connectivity index (χ1v) is 5.57. The number of carbonyl (C=O) groups excluding carboxylic acids is 1. The molecule has 1 aliphatic carbocycles. The summed E-state index contributed by atoms with van der Waals surface area (Å²) in [4.78, 5) is 15.5. The minimum Gasteiger partial charge on any atom is -0.300 e. The van der Waals surface area contributed by atoms with Crippen molar-refractivity contribution >= 4 is 11.4 Å². The number of aromatic nitrogens is 3. The van der Waals surface area contributed by atoms with Gasteiger partial charge in [0.1, 0.15) is 5.78 Å². The fraction of sp³-hybridized carbons (Fsp3) is 0.417. The van der Waals surface area contributed by atoms with Gasteiger partial charge in [0.2, 0.25) is 0 Å². The second-order valence-electron chi connectivity index (χ2n) is 4.46. The number of pyridine rings is 1. The van der Waals surface area contributed by atoms with E-state index in [1.165, 1.54) is 12.8 Å². The first kappa shape index (κ1) is 9.51. The van der Waals surface area contributed by atoms with Gasteiger partial charge in [-0.25, -0.2) is 9.50 Å². The maximum absolute atomic E-state index is 11.0. The van der Waals surface area contributed by atoms with Gasteiger partial charge in [0.25, 0.3) is 0 Å². The van der Waals surface area contributed by atoms with Crippen LogP contribution < -0.4 is 0 Å². The standard InChI is InChI=1S/C12H13N3O/c1-8(16)6-9-2-5-11-13-12(10-3-4-10)14-15(11)7-9/h2,5,7,10H,3-4,6H2,1H3. The van der Waals surface area contributed by atoms with Crippen LogP contribution >= 0.6 is 0 Å². The van der Waals surface area contributed by atoms with Crippen LogP contribution in [0.3, 0.4) is 0 Å². The summed E-state index contributed by atoms with van der Waals surface area (Å²) in [7, 11) is 0. The van der Waals surface area contributed by atoms with Gasteiger partial charge in [-0.1, -0.05) is 6.07 Å². The maximum atomic E-state index is 11.0. The van der Waals surface area contributed by atoms with E-state index in [0.29, 0.717) is 12.3 Å². The zero-order valence-electron chi connectivity index (χ0n) is 9.18. The van der Waals surface area contributed by atoms with Crippen molar-refractivity contribution in [3.8, 4) is 0 Å². The lowest BCUT2D eigenvalue weighted by Gasteiger charge is -1.97. The number of hydrogen-bond donors (Lipinski definition) is 0. The normalized spacial score (nSPS) is 15.6. The third-order valence-electron chi connectivity index (χ3n) is 2.80. The Kier molecular flexibility index (Phi) is 2.02. The lowest BCUT2D eigenvalue weighted by atomic mass is 10.1. The summed E-state index contributed by atoms with van der Waals surface area (Å²) in [6.45, 7) is 1.60. The molecular formula is C12H13N3O. The molecule has 16 heavy (non-hydrogen) atoms. The molecule has 4 nitrogen and oxygen atoms in total. The Morgan fingerprint density at radius 3 is 3.00 bits per heavy atom. The number of Topliss-reactive ketones (excluding diaryl/α,β-unsaturated/α-hetero) is 1.